The van der Waals surface area contributed by atoms with Crippen molar-refractivity contribution in [3.05, 3.63) is 48.0 Å². The zero-order valence-corrected chi connectivity index (χ0v) is 12.6. The third-order valence-electron chi connectivity index (χ3n) is 6.32. The van der Waals surface area contributed by atoms with Crippen LogP contribution < -0.4 is 0 Å². The Morgan fingerprint density at radius 1 is 1.05 bits per heavy atom. The lowest BCUT2D eigenvalue weighted by Crippen LogP contribution is -2.44. The molecule has 3 aliphatic carbocycles. The van der Waals surface area contributed by atoms with Crippen molar-refractivity contribution in [1.29, 1.82) is 0 Å². The average Bonchev–Trinajstić information content (AvgIpc) is 2.81. The van der Waals surface area contributed by atoms with Crippen LogP contribution in [0.15, 0.2) is 42.5 Å². The third-order valence-corrected chi connectivity index (χ3v) is 6.32. The summed E-state index contributed by atoms with van der Waals surface area (Å²) in [6.07, 6.45) is 12.9. The van der Waals surface area contributed by atoms with Gasteiger partial charge in [-0.3, -0.25) is 4.79 Å². The van der Waals surface area contributed by atoms with Gasteiger partial charge in [0.1, 0.15) is 5.78 Å². The van der Waals surface area contributed by atoms with Crippen LogP contribution in [0, 0.1) is 17.3 Å². The van der Waals surface area contributed by atoms with Crippen LogP contribution in [0.4, 0.5) is 0 Å². The highest BCUT2D eigenvalue weighted by molar-refractivity contribution is 5.84. The van der Waals surface area contributed by atoms with Gasteiger partial charge in [-0.2, -0.15) is 0 Å². The number of benzene rings is 1. The lowest BCUT2D eigenvalue weighted by Gasteiger charge is -2.46. The maximum atomic E-state index is 12.9. The second-order valence-electron chi connectivity index (χ2n) is 7.21. The molecule has 3 aliphatic rings. The van der Waals surface area contributed by atoms with E-state index in [1.54, 1.807) is 0 Å². The summed E-state index contributed by atoms with van der Waals surface area (Å²) in [4.78, 5) is 12.9. The van der Waals surface area contributed by atoms with Crippen LogP contribution in [0.3, 0.4) is 0 Å². The van der Waals surface area contributed by atoms with Crippen LogP contribution in [0.25, 0.3) is 0 Å². The van der Waals surface area contributed by atoms with E-state index in [2.05, 4.69) is 42.5 Å². The standard InChI is InChI=1S/C20H24O/c21-18-12-6-14-20-13-5-10-16(20)9-4-11-17(19(18)20)15-7-2-1-3-8-15/h1-4,7-9,16-17,19H,5-6,10-14H2/t16-,17-,19-,20-/m1/s1. The Morgan fingerprint density at radius 2 is 1.86 bits per heavy atom. The van der Waals surface area contributed by atoms with Crippen LogP contribution in [0.2, 0.25) is 0 Å². The maximum absolute atomic E-state index is 12.9. The fraction of sp³-hybridized carbons (Fsp3) is 0.550. The second kappa shape index (κ2) is 5.12. The minimum absolute atomic E-state index is 0.260. The molecule has 0 aromatic heterocycles. The molecule has 1 nitrogen and oxygen atoms in total. The molecule has 1 spiro atoms. The highest BCUT2D eigenvalue weighted by Crippen LogP contribution is 2.60. The number of carbonyl (C=O) groups excluding carboxylic acids is 1. The fourth-order valence-electron chi connectivity index (χ4n) is 5.51. The quantitative estimate of drug-likeness (QED) is 0.670. The fourth-order valence-corrected chi connectivity index (χ4v) is 5.51. The van der Waals surface area contributed by atoms with Crippen LogP contribution >= 0.6 is 0 Å². The van der Waals surface area contributed by atoms with Gasteiger partial charge in [0, 0.05) is 12.3 Å². The van der Waals surface area contributed by atoms with Crippen molar-refractivity contribution in [1.82, 2.24) is 0 Å². The average molecular weight is 280 g/mol. The van der Waals surface area contributed by atoms with E-state index in [0.29, 0.717) is 17.6 Å². The zero-order valence-electron chi connectivity index (χ0n) is 12.6. The van der Waals surface area contributed by atoms with Crippen LogP contribution in [-0.2, 0) is 4.79 Å². The molecule has 0 amide bonds. The van der Waals surface area contributed by atoms with Crippen LogP contribution in [0.1, 0.15) is 56.4 Å². The Labute approximate surface area is 127 Å². The monoisotopic (exact) mass is 280 g/mol. The summed E-state index contributed by atoms with van der Waals surface area (Å²) in [6.45, 7) is 0. The summed E-state index contributed by atoms with van der Waals surface area (Å²) in [6, 6.07) is 10.8. The third kappa shape index (κ3) is 2.01. The molecule has 1 aromatic carbocycles. The number of allylic oxidation sites excluding steroid dienone is 2. The van der Waals surface area contributed by atoms with Crippen molar-refractivity contribution in [3.8, 4) is 0 Å². The summed E-state index contributed by atoms with van der Waals surface area (Å²) in [5.41, 5.74) is 1.65. The predicted molar refractivity (Wildman–Crippen MR) is 85.1 cm³/mol. The predicted octanol–water partition coefficient (Wildman–Crippen LogP) is 4.89. The van der Waals surface area contributed by atoms with Crippen molar-refractivity contribution in [2.24, 2.45) is 17.3 Å². The van der Waals surface area contributed by atoms with Gasteiger partial charge in [0.15, 0.2) is 0 Å². The number of ketones is 1. The van der Waals surface area contributed by atoms with Crippen LogP contribution in [0.5, 0.6) is 0 Å². The smallest absolute Gasteiger partial charge is 0.137 e. The SMILES string of the molecule is O=C1CCC[C@]23CCC[C@H]2C=CC[C@H](c2ccccc2)[C@H]13. The summed E-state index contributed by atoms with van der Waals surface area (Å²) in [5.74, 6) is 1.86. The molecular weight excluding hydrogens is 256 g/mol. The van der Waals surface area contributed by atoms with Gasteiger partial charge in [0.25, 0.3) is 0 Å². The molecule has 2 fully saturated rings. The van der Waals surface area contributed by atoms with Crippen molar-refractivity contribution >= 4 is 5.78 Å². The number of carbonyl (C=O) groups is 1. The van der Waals surface area contributed by atoms with E-state index in [4.69, 9.17) is 0 Å². The van der Waals surface area contributed by atoms with Gasteiger partial charge in [-0.05, 0) is 54.9 Å². The molecular formula is C20H24O. The van der Waals surface area contributed by atoms with Gasteiger partial charge in [0.2, 0.25) is 0 Å². The van der Waals surface area contributed by atoms with Crippen molar-refractivity contribution < 1.29 is 4.79 Å². The van der Waals surface area contributed by atoms with E-state index in [9.17, 15) is 4.79 Å². The van der Waals surface area contributed by atoms with Gasteiger partial charge in [-0.25, -0.2) is 0 Å². The number of rotatable bonds is 1. The van der Waals surface area contributed by atoms with Gasteiger partial charge < -0.3 is 0 Å². The second-order valence-corrected chi connectivity index (χ2v) is 7.21. The van der Waals surface area contributed by atoms with Crippen molar-refractivity contribution in [2.75, 3.05) is 0 Å². The van der Waals surface area contributed by atoms with Crippen molar-refractivity contribution in [2.45, 2.75) is 50.9 Å². The molecule has 1 heteroatoms. The lowest BCUT2D eigenvalue weighted by atomic mass is 9.56. The maximum Gasteiger partial charge on any atom is 0.137 e. The summed E-state index contributed by atoms with van der Waals surface area (Å²) in [5, 5.41) is 0. The molecule has 4 atom stereocenters. The Balaban J connectivity index is 1.81. The topological polar surface area (TPSA) is 17.1 Å². The van der Waals surface area contributed by atoms with E-state index in [1.807, 2.05) is 0 Å². The number of hydrogen-bond acceptors (Lipinski definition) is 1. The lowest BCUT2D eigenvalue weighted by molar-refractivity contribution is -0.133. The summed E-state index contributed by atoms with van der Waals surface area (Å²) < 4.78 is 0. The molecule has 0 radical (unpaired) electrons. The highest BCUT2D eigenvalue weighted by atomic mass is 16.1. The Kier molecular flexibility index (Phi) is 3.24. The molecule has 0 bridgehead atoms. The molecule has 0 N–H and O–H groups in total. The Bertz CT molecular complexity index is 558. The van der Waals surface area contributed by atoms with E-state index >= 15 is 0 Å². The normalized spacial score (nSPS) is 38.7. The molecule has 2 saturated carbocycles. The van der Waals surface area contributed by atoms with Gasteiger partial charge >= 0.3 is 0 Å². The number of Topliss-reactive ketones (excluding diaryl/α,β-unsaturated/α-hetero) is 1. The molecule has 0 unspecified atom stereocenters. The first-order valence-electron chi connectivity index (χ1n) is 8.55. The van der Waals surface area contributed by atoms with Gasteiger partial charge in [-0.1, -0.05) is 48.9 Å². The molecule has 0 heterocycles. The van der Waals surface area contributed by atoms with E-state index in [-0.39, 0.29) is 11.3 Å². The highest BCUT2D eigenvalue weighted by Gasteiger charge is 2.54. The molecule has 4 rings (SSSR count). The molecule has 110 valence electrons. The van der Waals surface area contributed by atoms with Gasteiger partial charge in [-0.15, -0.1) is 0 Å². The minimum Gasteiger partial charge on any atom is -0.299 e. The first-order valence-corrected chi connectivity index (χ1v) is 8.55. The first kappa shape index (κ1) is 13.3. The van der Waals surface area contributed by atoms with E-state index in [1.165, 1.54) is 31.2 Å². The van der Waals surface area contributed by atoms with Crippen LogP contribution in [-0.4, -0.2) is 5.78 Å². The van der Waals surface area contributed by atoms with Gasteiger partial charge in [0.05, 0.1) is 0 Å². The molecule has 0 aliphatic heterocycles. The largest absolute Gasteiger partial charge is 0.299 e. The van der Waals surface area contributed by atoms with E-state index < -0.39 is 0 Å². The van der Waals surface area contributed by atoms with E-state index in [0.717, 1.165) is 19.3 Å². The summed E-state index contributed by atoms with van der Waals surface area (Å²) >= 11 is 0. The molecule has 0 saturated heterocycles. The number of hydrogen-bond donors (Lipinski definition) is 0. The Morgan fingerprint density at radius 3 is 2.71 bits per heavy atom. The first-order chi connectivity index (χ1) is 10.3. The molecule has 21 heavy (non-hydrogen) atoms. The summed E-state index contributed by atoms with van der Waals surface area (Å²) in [7, 11) is 0. The Hall–Kier alpha value is -1.37. The minimum atomic E-state index is 0.260. The zero-order chi connectivity index (χ0) is 14.3. The molecule has 1 aromatic rings. The van der Waals surface area contributed by atoms with Crippen molar-refractivity contribution in [3.63, 3.8) is 0 Å².